The lowest BCUT2D eigenvalue weighted by molar-refractivity contribution is 0.435. The zero-order chi connectivity index (χ0) is 12.5. The van der Waals surface area contributed by atoms with Crippen LogP contribution in [0.25, 0.3) is 0 Å². The fourth-order valence-corrected chi connectivity index (χ4v) is 3.15. The molecule has 0 bridgehead atoms. The van der Waals surface area contributed by atoms with Crippen molar-refractivity contribution >= 4 is 21.6 Å². The minimum absolute atomic E-state index is 0.0330. The molecule has 1 heterocycles. The molecule has 17 heavy (non-hydrogen) atoms. The van der Waals surface area contributed by atoms with Gasteiger partial charge in [-0.25, -0.2) is 18.4 Å². The average Bonchev–Trinajstić information content (AvgIpc) is 3.10. The van der Waals surface area contributed by atoms with Gasteiger partial charge in [0.05, 0.1) is 12.4 Å². The summed E-state index contributed by atoms with van der Waals surface area (Å²) >= 11 is 5.53. The van der Waals surface area contributed by atoms with Gasteiger partial charge in [0.2, 0.25) is 15.3 Å². The van der Waals surface area contributed by atoms with Crippen molar-refractivity contribution in [3.05, 3.63) is 30.3 Å². The quantitative estimate of drug-likeness (QED) is 0.602. The fraction of sp³-hybridized carbons (Fsp3) is 0.400. The fourth-order valence-electron chi connectivity index (χ4n) is 1.50. The maximum atomic E-state index is 12.3. The molecule has 0 saturated heterocycles. The molecule has 0 N–H and O–H groups in total. The van der Waals surface area contributed by atoms with Gasteiger partial charge in [-0.15, -0.1) is 6.58 Å². The van der Waals surface area contributed by atoms with Gasteiger partial charge in [0.25, 0.3) is 0 Å². The van der Waals surface area contributed by atoms with E-state index < -0.39 is 10.0 Å². The highest BCUT2D eigenvalue weighted by Gasteiger charge is 2.37. The number of sulfonamides is 1. The maximum Gasteiger partial charge on any atom is 0.246 e. The summed E-state index contributed by atoms with van der Waals surface area (Å²) in [7, 11) is -3.54. The van der Waals surface area contributed by atoms with E-state index in [-0.39, 0.29) is 16.2 Å². The summed E-state index contributed by atoms with van der Waals surface area (Å²) in [4.78, 5) is 7.45. The lowest BCUT2D eigenvalue weighted by Crippen LogP contribution is -2.33. The number of nitrogens with zero attached hydrogens (tertiary/aromatic N) is 3. The standard InChI is InChI=1S/C10H12ClN3O2S/c1-2-5-14(8-3-4-8)17(15,16)9-6-12-10(11)13-7-9/h2,6-8H,1,3-5H2. The van der Waals surface area contributed by atoms with E-state index in [1.807, 2.05) is 0 Å². The van der Waals surface area contributed by atoms with Crippen LogP contribution in [0.3, 0.4) is 0 Å². The van der Waals surface area contributed by atoms with Crippen LogP contribution in [-0.4, -0.2) is 35.3 Å². The Bertz CT molecular complexity index is 511. The molecule has 1 aliphatic rings. The summed E-state index contributed by atoms with van der Waals surface area (Å²) in [5.41, 5.74) is 0. The summed E-state index contributed by atoms with van der Waals surface area (Å²) in [5.74, 6) is 0. The Labute approximate surface area is 105 Å². The SMILES string of the molecule is C=CCN(C1CC1)S(=O)(=O)c1cnc(Cl)nc1. The third kappa shape index (κ3) is 2.65. The van der Waals surface area contributed by atoms with Gasteiger partial charge in [-0.2, -0.15) is 4.31 Å². The van der Waals surface area contributed by atoms with Crippen molar-refractivity contribution in [2.45, 2.75) is 23.8 Å². The second-order valence-corrected chi connectivity index (χ2v) is 6.01. The summed E-state index contributed by atoms with van der Waals surface area (Å²) in [6.07, 6.45) is 5.81. The summed E-state index contributed by atoms with van der Waals surface area (Å²) in [6.45, 7) is 3.87. The van der Waals surface area contributed by atoms with Crippen molar-refractivity contribution in [2.24, 2.45) is 0 Å². The zero-order valence-corrected chi connectivity index (χ0v) is 10.7. The van der Waals surface area contributed by atoms with Crippen molar-refractivity contribution in [3.8, 4) is 0 Å². The number of aromatic nitrogens is 2. The van der Waals surface area contributed by atoms with Crippen LogP contribution in [0.5, 0.6) is 0 Å². The molecule has 1 aliphatic carbocycles. The molecule has 7 heteroatoms. The molecule has 1 fully saturated rings. The maximum absolute atomic E-state index is 12.3. The van der Waals surface area contributed by atoms with Gasteiger partial charge in [-0.05, 0) is 24.4 Å². The molecule has 0 unspecified atom stereocenters. The molecule has 0 atom stereocenters. The molecule has 0 radical (unpaired) electrons. The highest BCUT2D eigenvalue weighted by atomic mass is 35.5. The van der Waals surface area contributed by atoms with Crippen molar-refractivity contribution in [1.29, 1.82) is 0 Å². The zero-order valence-electron chi connectivity index (χ0n) is 9.08. The van der Waals surface area contributed by atoms with Crippen molar-refractivity contribution in [3.63, 3.8) is 0 Å². The first-order chi connectivity index (χ1) is 8.05. The lowest BCUT2D eigenvalue weighted by atomic mass is 10.6. The van der Waals surface area contributed by atoms with E-state index in [9.17, 15) is 8.42 Å². The Kier molecular flexibility index (Phi) is 3.46. The Morgan fingerprint density at radius 1 is 1.47 bits per heavy atom. The van der Waals surface area contributed by atoms with Crippen LogP contribution in [0.2, 0.25) is 5.28 Å². The minimum Gasteiger partial charge on any atom is -0.225 e. The molecule has 0 spiro atoms. The third-order valence-electron chi connectivity index (χ3n) is 2.47. The minimum atomic E-state index is -3.54. The number of hydrogen-bond acceptors (Lipinski definition) is 4. The predicted molar refractivity (Wildman–Crippen MR) is 64.2 cm³/mol. The average molecular weight is 274 g/mol. The van der Waals surface area contributed by atoms with Crippen molar-refractivity contribution in [1.82, 2.24) is 14.3 Å². The lowest BCUT2D eigenvalue weighted by Gasteiger charge is -2.19. The molecular formula is C10H12ClN3O2S. The highest BCUT2D eigenvalue weighted by molar-refractivity contribution is 7.89. The van der Waals surface area contributed by atoms with Gasteiger partial charge in [0.1, 0.15) is 4.90 Å². The second-order valence-electron chi connectivity index (χ2n) is 3.78. The van der Waals surface area contributed by atoms with Crippen LogP contribution in [0, 0.1) is 0 Å². The van der Waals surface area contributed by atoms with E-state index in [1.54, 1.807) is 6.08 Å². The largest absolute Gasteiger partial charge is 0.246 e. The predicted octanol–water partition coefficient (Wildman–Crippen LogP) is 1.47. The van der Waals surface area contributed by atoms with E-state index in [4.69, 9.17) is 11.6 Å². The van der Waals surface area contributed by atoms with Gasteiger partial charge >= 0.3 is 0 Å². The smallest absolute Gasteiger partial charge is 0.225 e. The van der Waals surface area contributed by atoms with E-state index in [0.29, 0.717) is 6.54 Å². The number of hydrogen-bond donors (Lipinski definition) is 0. The number of halogens is 1. The molecule has 0 aliphatic heterocycles. The molecular weight excluding hydrogens is 262 g/mol. The first kappa shape index (κ1) is 12.5. The Balaban J connectivity index is 2.33. The van der Waals surface area contributed by atoms with Gasteiger partial charge in [0.15, 0.2) is 0 Å². The molecule has 1 aromatic heterocycles. The van der Waals surface area contributed by atoms with E-state index in [0.717, 1.165) is 12.8 Å². The Morgan fingerprint density at radius 2 is 2.06 bits per heavy atom. The third-order valence-corrected chi connectivity index (χ3v) is 4.53. The van der Waals surface area contributed by atoms with Crippen LogP contribution in [0.15, 0.2) is 29.9 Å². The first-order valence-corrected chi connectivity index (χ1v) is 6.98. The topological polar surface area (TPSA) is 63.2 Å². The molecule has 5 nitrogen and oxygen atoms in total. The van der Waals surface area contributed by atoms with Gasteiger partial charge < -0.3 is 0 Å². The summed E-state index contributed by atoms with van der Waals surface area (Å²) < 4.78 is 26.0. The van der Waals surface area contributed by atoms with Crippen molar-refractivity contribution in [2.75, 3.05) is 6.54 Å². The highest BCUT2D eigenvalue weighted by Crippen LogP contribution is 2.31. The van der Waals surface area contributed by atoms with Crippen LogP contribution in [-0.2, 0) is 10.0 Å². The van der Waals surface area contributed by atoms with Gasteiger partial charge in [0, 0.05) is 12.6 Å². The summed E-state index contributed by atoms with van der Waals surface area (Å²) in [5, 5.41) is 0.0330. The second kappa shape index (κ2) is 4.72. The first-order valence-electron chi connectivity index (χ1n) is 5.16. The molecule has 2 rings (SSSR count). The van der Waals surface area contributed by atoms with E-state index >= 15 is 0 Å². The van der Waals surface area contributed by atoms with Crippen LogP contribution in [0.1, 0.15) is 12.8 Å². The number of rotatable bonds is 5. The molecule has 92 valence electrons. The Morgan fingerprint density at radius 3 is 2.53 bits per heavy atom. The van der Waals surface area contributed by atoms with Crippen LogP contribution >= 0.6 is 11.6 Å². The van der Waals surface area contributed by atoms with Gasteiger partial charge in [-0.3, -0.25) is 0 Å². The molecule has 1 aromatic rings. The molecule has 0 amide bonds. The van der Waals surface area contributed by atoms with Crippen LogP contribution in [0.4, 0.5) is 0 Å². The molecule has 0 aromatic carbocycles. The monoisotopic (exact) mass is 273 g/mol. The van der Waals surface area contributed by atoms with E-state index in [1.165, 1.54) is 16.7 Å². The van der Waals surface area contributed by atoms with E-state index in [2.05, 4.69) is 16.5 Å². The molecule has 1 saturated carbocycles. The summed E-state index contributed by atoms with van der Waals surface area (Å²) in [6, 6.07) is 0.0775. The normalized spacial score (nSPS) is 16.1. The Hall–Kier alpha value is -0.980. The van der Waals surface area contributed by atoms with Gasteiger partial charge in [-0.1, -0.05) is 6.08 Å². The van der Waals surface area contributed by atoms with Crippen LogP contribution < -0.4 is 0 Å². The van der Waals surface area contributed by atoms with Crippen molar-refractivity contribution < 1.29 is 8.42 Å².